The molecule has 1 aromatic carbocycles. The number of hydrogen-bond donors (Lipinski definition) is 1. The standard InChI is InChI=1S/C18H22F2N2OS/c1-5-10(2)12(4)22-15-11(3)13(18-21-8-9-24-18)6-7-14(15)16(23)17(19)20/h6-10,16-17,23H,5H2,1-4H3/b22-12-. The van der Waals surface area contributed by atoms with Crippen LogP contribution >= 0.6 is 11.3 Å². The number of aliphatic hydroxyl groups excluding tert-OH is 1. The summed E-state index contributed by atoms with van der Waals surface area (Å²) in [6, 6.07) is 3.26. The molecule has 6 heteroatoms. The maximum absolute atomic E-state index is 13.1. The average molecular weight is 352 g/mol. The third kappa shape index (κ3) is 3.87. The minimum absolute atomic E-state index is 0.158. The molecule has 2 aromatic rings. The molecule has 130 valence electrons. The Morgan fingerprint density at radius 1 is 1.38 bits per heavy atom. The lowest BCUT2D eigenvalue weighted by Gasteiger charge is -2.18. The monoisotopic (exact) mass is 352 g/mol. The number of benzene rings is 1. The Bertz CT molecular complexity index is 714. The van der Waals surface area contributed by atoms with Crippen molar-refractivity contribution >= 4 is 22.7 Å². The van der Waals surface area contributed by atoms with Crippen LogP contribution < -0.4 is 0 Å². The number of alkyl halides is 2. The molecule has 0 radical (unpaired) electrons. The lowest BCUT2D eigenvalue weighted by Crippen LogP contribution is -2.10. The average Bonchev–Trinajstić information content (AvgIpc) is 3.09. The molecule has 0 fully saturated rings. The second-order valence-corrected chi connectivity index (χ2v) is 6.75. The number of aliphatic imine (C=N–C) groups is 1. The molecule has 0 aliphatic carbocycles. The molecule has 3 nitrogen and oxygen atoms in total. The molecule has 0 aliphatic heterocycles. The summed E-state index contributed by atoms with van der Waals surface area (Å²) in [5.41, 5.74) is 3.05. The number of halogens is 2. The quantitative estimate of drug-likeness (QED) is 0.692. The summed E-state index contributed by atoms with van der Waals surface area (Å²) in [7, 11) is 0. The molecule has 1 heterocycles. The first-order chi connectivity index (χ1) is 11.4. The highest BCUT2D eigenvalue weighted by atomic mass is 32.1. The van der Waals surface area contributed by atoms with Crippen LogP contribution in [0.2, 0.25) is 0 Å². The van der Waals surface area contributed by atoms with Crippen molar-refractivity contribution in [3.63, 3.8) is 0 Å². The first-order valence-corrected chi connectivity index (χ1v) is 8.79. The highest BCUT2D eigenvalue weighted by Gasteiger charge is 2.25. The zero-order valence-electron chi connectivity index (χ0n) is 14.3. The highest BCUT2D eigenvalue weighted by Crippen LogP contribution is 2.38. The summed E-state index contributed by atoms with van der Waals surface area (Å²) in [6.45, 7) is 7.82. The van der Waals surface area contributed by atoms with E-state index in [1.807, 2.05) is 26.2 Å². The van der Waals surface area contributed by atoms with E-state index in [1.54, 1.807) is 12.3 Å². The van der Waals surface area contributed by atoms with Gasteiger partial charge in [0.1, 0.15) is 11.1 Å². The normalized spacial score (nSPS) is 14.9. The van der Waals surface area contributed by atoms with Crippen LogP contribution in [0.5, 0.6) is 0 Å². The van der Waals surface area contributed by atoms with Crippen LogP contribution in [0.4, 0.5) is 14.5 Å². The number of rotatable bonds is 6. The Morgan fingerprint density at radius 3 is 2.62 bits per heavy atom. The minimum Gasteiger partial charge on any atom is -0.382 e. The Hall–Kier alpha value is -1.66. The topological polar surface area (TPSA) is 45.5 Å². The Morgan fingerprint density at radius 2 is 2.08 bits per heavy atom. The van der Waals surface area contributed by atoms with Crippen LogP contribution in [0.3, 0.4) is 0 Å². The van der Waals surface area contributed by atoms with E-state index in [0.29, 0.717) is 5.69 Å². The Labute approximate surface area is 145 Å². The van der Waals surface area contributed by atoms with E-state index in [4.69, 9.17) is 0 Å². The Kier molecular flexibility index (Phi) is 6.18. The molecule has 2 unspecified atom stereocenters. The smallest absolute Gasteiger partial charge is 0.268 e. The first kappa shape index (κ1) is 18.7. The van der Waals surface area contributed by atoms with Crippen LogP contribution in [0.15, 0.2) is 28.7 Å². The molecule has 24 heavy (non-hydrogen) atoms. The predicted octanol–water partition coefficient (Wildman–Crippen LogP) is 5.56. The molecule has 1 aromatic heterocycles. The van der Waals surface area contributed by atoms with Crippen molar-refractivity contribution in [2.45, 2.75) is 46.6 Å². The van der Waals surface area contributed by atoms with Gasteiger partial charge in [-0.25, -0.2) is 13.8 Å². The highest BCUT2D eigenvalue weighted by molar-refractivity contribution is 7.13. The molecule has 0 saturated heterocycles. The summed E-state index contributed by atoms with van der Waals surface area (Å²) in [4.78, 5) is 8.89. The van der Waals surface area contributed by atoms with E-state index in [9.17, 15) is 13.9 Å². The van der Waals surface area contributed by atoms with E-state index in [1.165, 1.54) is 17.4 Å². The summed E-state index contributed by atoms with van der Waals surface area (Å²) >= 11 is 1.48. The van der Waals surface area contributed by atoms with Crippen LogP contribution in [0, 0.1) is 12.8 Å². The van der Waals surface area contributed by atoms with Crippen molar-refractivity contribution in [1.82, 2.24) is 4.98 Å². The molecular formula is C18H22F2N2OS. The van der Waals surface area contributed by atoms with Gasteiger partial charge in [-0.2, -0.15) is 0 Å². The second-order valence-electron chi connectivity index (χ2n) is 5.85. The third-order valence-electron chi connectivity index (χ3n) is 4.30. The van der Waals surface area contributed by atoms with Gasteiger partial charge in [-0.05, 0) is 31.7 Å². The summed E-state index contributed by atoms with van der Waals surface area (Å²) in [5.74, 6) is 0.240. The molecule has 2 atom stereocenters. The van der Waals surface area contributed by atoms with Crippen LogP contribution in [-0.2, 0) is 0 Å². The van der Waals surface area contributed by atoms with Gasteiger partial charge >= 0.3 is 0 Å². The maximum atomic E-state index is 13.1. The zero-order valence-corrected chi connectivity index (χ0v) is 15.1. The van der Waals surface area contributed by atoms with Crippen molar-refractivity contribution in [1.29, 1.82) is 0 Å². The predicted molar refractivity (Wildman–Crippen MR) is 95.5 cm³/mol. The van der Waals surface area contributed by atoms with Crippen molar-refractivity contribution in [2.75, 3.05) is 0 Å². The lowest BCUT2D eigenvalue weighted by atomic mass is 9.97. The van der Waals surface area contributed by atoms with Crippen molar-refractivity contribution in [3.05, 3.63) is 34.8 Å². The van der Waals surface area contributed by atoms with E-state index in [-0.39, 0.29) is 11.5 Å². The largest absolute Gasteiger partial charge is 0.382 e. The molecule has 0 bridgehead atoms. The first-order valence-electron chi connectivity index (χ1n) is 7.91. The van der Waals surface area contributed by atoms with Gasteiger partial charge in [0, 0.05) is 28.4 Å². The molecule has 0 amide bonds. The molecule has 0 saturated carbocycles. The fourth-order valence-electron chi connectivity index (χ4n) is 2.41. The van der Waals surface area contributed by atoms with E-state index < -0.39 is 12.5 Å². The summed E-state index contributed by atoms with van der Waals surface area (Å²) < 4.78 is 26.1. The Balaban J connectivity index is 2.63. The molecular weight excluding hydrogens is 330 g/mol. The van der Waals surface area contributed by atoms with Gasteiger partial charge in [0.25, 0.3) is 6.43 Å². The number of aliphatic hydroxyl groups is 1. The van der Waals surface area contributed by atoms with Crippen LogP contribution in [-0.4, -0.2) is 22.2 Å². The second kappa shape index (κ2) is 7.94. The van der Waals surface area contributed by atoms with Crippen LogP contribution in [0.1, 0.15) is 44.4 Å². The number of thiazole rings is 1. The zero-order chi connectivity index (χ0) is 17.9. The number of aromatic nitrogens is 1. The maximum Gasteiger partial charge on any atom is 0.268 e. The summed E-state index contributed by atoms with van der Waals surface area (Å²) in [5, 5.41) is 12.6. The van der Waals surface area contributed by atoms with Crippen molar-refractivity contribution in [2.24, 2.45) is 10.9 Å². The molecule has 0 aliphatic rings. The molecule has 1 N–H and O–H groups in total. The van der Waals surface area contributed by atoms with E-state index in [2.05, 4.69) is 16.9 Å². The number of hydrogen-bond acceptors (Lipinski definition) is 4. The van der Waals surface area contributed by atoms with Gasteiger partial charge in [0.2, 0.25) is 0 Å². The lowest BCUT2D eigenvalue weighted by molar-refractivity contribution is -0.00546. The van der Waals surface area contributed by atoms with Crippen molar-refractivity contribution < 1.29 is 13.9 Å². The fourth-order valence-corrected chi connectivity index (χ4v) is 3.13. The van der Waals surface area contributed by atoms with Gasteiger partial charge < -0.3 is 5.11 Å². The van der Waals surface area contributed by atoms with Crippen LogP contribution in [0.25, 0.3) is 10.6 Å². The number of nitrogens with zero attached hydrogens (tertiary/aromatic N) is 2. The summed E-state index contributed by atoms with van der Waals surface area (Å²) in [6.07, 6.45) is -2.09. The van der Waals surface area contributed by atoms with Gasteiger partial charge in [-0.1, -0.05) is 26.0 Å². The van der Waals surface area contributed by atoms with Gasteiger partial charge in [0.05, 0.1) is 5.69 Å². The van der Waals surface area contributed by atoms with Gasteiger partial charge in [-0.3, -0.25) is 4.99 Å². The molecule has 2 rings (SSSR count). The van der Waals surface area contributed by atoms with Gasteiger partial charge in [0.15, 0.2) is 0 Å². The SMILES string of the molecule is CCC(C)/C(C)=N\c1c(C(O)C(F)F)ccc(-c2nccs2)c1C. The molecule has 0 spiro atoms. The fraction of sp³-hybridized carbons (Fsp3) is 0.444. The minimum atomic E-state index is -2.85. The van der Waals surface area contributed by atoms with E-state index >= 15 is 0 Å². The van der Waals surface area contributed by atoms with Gasteiger partial charge in [-0.15, -0.1) is 11.3 Å². The van der Waals surface area contributed by atoms with E-state index in [0.717, 1.165) is 28.3 Å². The van der Waals surface area contributed by atoms with Crippen molar-refractivity contribution in [3.8, 4) is 10.6 Å². The third-order valence-corrected chi connectivity index (χ3v) is 5.10.